The zero-order valence-corrected chi connectivity index (χ0v) is 7.91. The number of nitrogens with zero attached hydrogens (tertiary/aromatic N) is 2. The minimum atomic E-state index is -0.701. The summed E-state index contributed by atoms with van der Waals surface area (Å²) < 4.78 is 15.3. The van der Waals surface area contributed by atoms with Crippen LogP contribution in [0.2, 0.25) is 0 Å². The van der Waals surface area contributed by atoms with Gasteiger partial charge in [-0.15, -0.1) is 0 Å². The highest BCUT2D eigenvalue weighted by Gasteiger charge is 2.26. The van der Waals surface area contributed by atoms with E-state index < -0.39 is 6.17 Å². The summed E-state index contributed by atoms with van der Waals surface area (Å²) in [7, 11) is 0. The van der Waals surface area contributed by atoms with Crippen molar-refractivity contribution in [3.05, 3.63) is 18.0 Å². The Labute approximate surface area is 77.8 Å². The Kier molecular flexibility index (Phi) is 2.34. The van der Waals surface area contributed by atoms with Crippen molar-refractivity contribution in [2.45, 2.75) is 44.8 Å². The first-order valence-electron chi connectivity index (χ1n) is 4.92. The summed E-state index contributed by atoms with van der Waals surface area (Å²) in [6.45, 7) is 1.99. The molecule has 2 unspecified atom stereocenters. The van der Waals surface area contributed by atoms with Crippen LogP contribution in [0.5, 0.6) is 0 Å². The second-order valence-electron chi connectivity index (χ2n) is 3.87. The van der Waals surface area contributed by atoms with Crippen LogP contribution in [0, 0.1) is 6.92 Å². The monoisotopic (exact) mass is 182 g/mol. The number of aromatic nitrogens is 2. The van der Waals surface area contributed by atoms with Gasteiger partial charge in [0, 0.05) is 6.20 Å². The van der Waals surface area contributed by atoms with Crippen molar-refractivity contribution in [2.24, 2.45) is 0 Å². The topological polar surface area (TPSA) is 17.8 Å². The van der Waals surface area contributed by atoms with E-state index in [0.717, 1.165) is 24.8 Å². The number of halogens is 1. The van der Waals surface area contributed by atoms with Crippen LogP contribution in [0.1, 0.15) is 37.3 Å². The molecule has 1 aromatic heterocycles. The molecule has 0 radical (unpaired) electrons. The van der Waals surface area contributed by atoms with Gasteiger partial charge in [0.15, 0.2) is 0 Å². The third kappa shape index (κ3) is 1.74. The normalized spacial score (nSPS) is 29.1. The van der Waals surface area contributed by atoms with E-state index >= 15 is 0 Å². The summed E-state index contributed by atoms with van der Waals surface area (Å²) in [5.41, 5.74) is 1.11. The summed E-state index contributed by atoms with van der Waals surface area (Å²) >= 11 is 0. The second-order valence-corrected chi connectivity index (χ2v) is 3.87. The van der Waals surface area contributed by atoms with Crippen molar-refractivity contribution >= 4 is 0 Å². The fourth-order valence-electron chi connectivity index (χ4n) is 1.98. The fraction of sp³-hybridized carbons (Fsp3) is 0.700. The molecule has 0 aromatic carbocycles. The largest absolute Gasteiger partial charge is 0.266 e. The SMILES string of the molecule is Cc1cnn(C2CCCCC2F)c1. The smallest absolute Gasteiger partial charge is 0.122 e. The molecule has 0 amide bonds. The van der Waals surface area contributed by atoms with Crippen LogP contribution in [0.4, 0.5) is 4.39 Å². The van der Waals surface area contributed by atoms with Crippen molar-refractivity contribution < 1.29 is 4.39 Å². The van der Waals surface area contributed by atoms with Crippen LogP contribution in [0.15, 0.2) is 12.4 Å². The quantitative estimate of drug-likeness (QED) is 0.652. The predicted octanol–water partition coefficient (Wildman–Crippen LogP) is 2.64. The highest BCUT2D eigenvalue weighted by atomic mass is 19.1. The molecule has 13 heavy (non-hydrogen) atoms. The number of alkyl halides is 1. The first-order valence-corrected chi connectivity index (χ1v) is 4.92. The molecular formula is C10H15FN2. The molecular weight excluding hydrogens is 167 g/mol. The molecule has 0 spiro atoms. The zero-order valence-electron chi connectivity index (χ0n) is 7.91. The van der Waals surface area contributed by atoms with E-state index in [1.165, 1.54) is 0 Å². The van der Waals surface area contributed by atoms with E-state index in [1.54, 1.807) is 10.9 Å². The van der Waals surface area contributed by atoms with Crippen LogP contribution in [0.25, 0.3) is 0 Å². The van der Waals surface area contributed by atoms with Gasteiger partial charge in [-0.1, -0.05) is 12.8 Å². The van der Waals surface area contributed by atoms with Crippen LogP contribution in [-0.2, 0) is 0 Å². The Morgan fingerprint density at radius 1 is 1.46 bits per heavy atom. The zero-order chi connectivity index (χ0) is 9.26. The number of aryl methyl sites for hydroxylation is 1. The van der Waals surface area contributed by atoms with E-state index in [0.29, 0.717) is 6.42 Å². The molecule has 1 aromatic rings. The van der Waals surface area contributed by atoms with Gasteiger partial charge < -0.3 is 0 Å². The molecule has 0 aliphatic heterocycles. The van der Waals surface area contributed by atoms with Gasteiger partial charge in [-0.2, -0.15) is 5.10 Å². The van der Waals surface area contributed by atoms with Crippen LogP contribution >= 0.6 is 0 Å². The maximum atomic E-state index is 13.5. The lowest BCUT2D eigenvalue weighted by Crippen LogP contribution is -2.24. The molecule has 3 heteroatoms. The molecule has 1 fully saturated rings. The van der Waals surface area contributed by atoms with Crippen molar-refractivity contribution in [1.29, 1.82) is 0 Å². The van der Waals surface area contributed by atoms with Crippen molar-refractivity contribution in [3.63, 3.8) is 0 Å². The summed E-state index contributed by atoms with van der Waals surface area (Å²) in [5.74, 6) is 0. The average molecular weight is 182 g/mol. The second kappa shape index (κ2) is 3.48. The summed E-state index contributed by atoms with van der Waals surface area (Å²) in [6, 6.07) is -0.0116. The molecule has 1 aliphatic rings. The van der Waals surface area contributed by atoms with Crippen molar-refractivity contribution in [3.8, 4) is 0 Å². The molecule has 72 valence electrons. The molecule has 2 nitrogen and oxygen atoms in total. The van der Waals surface area contributed by atoms with Crippen LogP contribution in [-0.4, -0.2) is 16.0 Å². The Balaban J connectivity index is 2.14. The summed E-state index contributed by atoms with van der Waals surface area (Å²) in [5, 5.41) is 4.17. The standard InChI is InChI=1S/C10H15FN2/c1-8-6-12-13(7-8)10-5-3-2-4-9(10)11/h6-7,9-10H,2-5H2,1H3. The minimum absolute atomic E-state index is 0.0116. The van der Waals surface area contributed by atoms with E-state index in [9.17, 15) is 4.39 Å². The molecule has 1 saturated carbocycles. The molecule has 2 rings (SSSR count). The highest BCUT2D eigenvalue weighted by molar-refractivity contribution is 5.01. The molecule has 1 heterocycles. The van der Waals surface area contributed by atoms with Gasteiger partial charge in [0.25, 0.3) is 0 Å². The number of rotatable bonds is 1. The Morgan fingerprint density at radius 2 is 2.23 bits per heavy atom. The number of hydrogen-bond acceptors (Lipinski definition) is 1. The first kappa shape index (κ1) is 8.73. The molecule has 2 atom stereocenters. The molecule has 0 bridgehead atoms. The van der Waals surface area contributed by atoms with Gasteiger partial charge in [0.05, 0.1) is 12.2 Å². The Hall–Kier alpha value is -0.860. The van der Waals surface area contributed by atoms with E-state index in [2.05, 4.69) is 5.10 Å². The lowest BCUT2D eigenvalue weighted by atomic mass is 9.94. The van der Waals surface area contributed by atoms with Gasteiger partial charge in [-0.3, -0.25) is 4.68 Å². The summed E-state index contributed by atoms with van der Waals surface area (Å²) in [4.78, 5) is 0. The molecule has 0 N–H and O–H groups in total. The maximum absolute atomic E-state index is 13.5. The lowest BCUT2D eigenvalue weighted by molar-refractivity contribution is 0.160. The fourth-order valence-corrected chi connectivity index (χ4v) is 1.98. The average Bonchev–Trinajstić information content (AvgIpc) is 2.53. The summed E-state index contributed by atoms with van der Waals surface area (Å²) in [6.07, 6.45) is 6.81. The Morgan fingerprint density at radius 3 is 2.85 bits per heavy atom. The third-order valence-electron chi connectivity index (χ3n) is 2.72. The highest BCUT2D eigenvalue weighted by Crippen LogP contribution is 2.30. The maximum Gasteiger partial charge on any atom is 0.122 e. The van der Waals surface area contributed by atoms with E-state index in [1.807, 2.05) is 13.1 Å². The van der Waals surface area contributed by atoms with E-state index in [4.69, 9.17) is 0 Å². The van der Waals surface area contributed by atoms with E-state index in [-0.39, 0.29) is 6.04 Å². The predicted molar refractivity (Wildman–Crippen MR) is 49.4 cm³/mol. The van der Waals surface area contributed by atoms with Gasteiger partial charge in [0.1, 0.15) is 6.17 Å². The van der Waals surface area contributed by atoms with Gasteiger partial charge in [-0.05, 0) is 25.3 Å². The van der Waals surface area contributed by atoms with Crippen LogP contribution in [0.3, 0.4) is 0 Å². The van der Waals surface area contributed by atoms with Gasteiger partial charge in [-0.25, -0.2) is 4.39 Å². The lowest BCUT2D eigenvalue weighted by Gasteiger charge is -2.25. The minimum Gasteiger partial charge on any atom is -0.266 e. The van der Waals surface area contributed by atoms with Gasteiger partial charge in [0.2, 0.25) is 0 Å². The van der Waals surface area contributed by atoms with Crippen molar-refractivity contribution in [2.75, 3.05) is 0 Å². The van der Waals surface area contributed by atoms with Crippen molar-refractivity contribution in [1.82, 2.24) is 9.78 Å². The molecule has 1 aliphatic carbocycles. The molecule has 0 saturated heterocycles. The van der Waals surface area contributed by atoms with Crippen LogP contribution < -0.4 is 0 Å². The van der Waals surface area contributed by atoms with Gasteiger partial charge >= 0.3 is 0 Å². The number of hydrogen-bond donors (Lipinski definition) is 0. The Bertz CT molecular complexity index is 282. The first-order chi connectivity index (χ1) is 6.27. The third-order valence-corrected chi connectivity index (χ3v) is 2.72.